The first-order valence-electron chi connectivity index (χ1n) is 9.97. The zero-order valence-corrected chi connectivity index (χ0v) is 17.2. The lowest BCUT2D eigenvalue weighted by molar-refractivity contribution is -0.121. The first kappa shape index (κ1) is 19.8. The van der Waals surface area contributed by atoms with Gasteiger partial charge in [-0.15, -0.1) is 0 Å². The molecule has 2 aliphatic rings. The highest BCUT2D eigenvalue weighted by atomic mass is 32.2. The normalized spacial score (nSPS) is 20.3. The minimum absolute atomic E-state index is 0.0735. The standard InChI is InChI=1S/C21H19FN4O4S/c22-13-3-8-16-17(12-13)24-21(23-16)18-2-1-11-25(18)31(29,30)15-6-4-14(5-7-15)26-19(27)9-10-20(26)28/h3-8,12,18H,1-2,9-11H2,(H,23,24). The summed E-state index contributed by atoms with van der Waals surface area (Å²) in [5.74, 6) is -0.497. The molecule has 1 unspecified atom stereocenters. The van der Waals surface area contributed by atoms with E-state index >= 15 is 0 Å². The highest BCUT2D eigenvalue weighted by Gasteiger charge is 2.38. The van der Waals surface area contributed by atoms with Gasteiger partial charge in [-0.25, -0.2) is 17.8 Å². The van der Waals surface area contributed by atoms with Crippen molar-refractivity contribution in [2.45, 2.75) is 36.6 Å². The number of carbonyl (C=O) groups is 2. The fourth-order valence-electron chi connectivity index (χ4n) is 4.23. The van der Waals surface area contributed by atoms with Crippen LogP contribution in [0.3, 0.4) is 0 Å². The average molecular weight is 442 g/mol. The fourth-order valence-corrected chi connectivity index (χ4v) is 5.89. The number of anilines is 1. The van der Waals surface area contributed by atoms with Gasteiger partial charge >= 0.3 is 0 Å². The number of carbonyl (C=O) groups excluding carboxylic acids is 2. The van der Waals surface area contributed by atoms with Crippen LogP contribution in [0.15, 0.2) is 47.4 Å². The Labute approximate surface area is 177 Å². The number of nitrogens with zero attached hydrogens (tertiary/aromatic N) is 3. The van der Waals surface area contributed by atoms with Gasteiger partial charge in [-0.3, -0.25) is 14.5 Å². The average Bonchev–Trinajstić information content (AvgIpc) is 3.46. The molecule has 0 radical (unpaired) electrons. The Bertz CT molecular complexity index is 1290. The predicted octanol–water partition coefficient (Wildman–Crippen LogP) is 2.88. The zero-order chi connectivity index (χ0) is 21.8. The largest absolute Gasteiger partial charge is 0.341 e. The van der Waals surface area contributed by atoms with Crippen LogP contribution >= 0.6 is 0 Å². The van der Waals surface area contributed by atoms with Crippen molar-refractivity contribution in [2.24, 2.45) is 0 Å². The number of aromatic amines is 1. The Morgan fingerprint density at radius 1 is 1.03 bits per heavy atom. The maximum absolute atomic E-state index is 13.5. The molecule has 0 saturated carbocycles. The number of amides is 2. The molecule has 160 valence electrons. The van der Waals surface area contributed by atoms with Crippen LogP contribution in [0.25, 0.3) is 11.0 Å². The Hall–Kier alpha value is -3.11. The lowest BCUT2D eigenvalue weighted by atomic mass is 10.2. The molecular formula is C21H19FN4O4S. The first-order valence-corrected chi connectivity index (χ1v) is 11.4. The number of imide groups is 1. The van der Waals surface area contributed by atoms with E-state index in [2.05, 4.69) is 9.97 Å². The van der Waals surface area contributed by atoms with Crippen molar-refractivity contribution in [1.82, 2.24) is 14.3 Å². The summed E-state index contributed by atoms with van der Waals surface area (Å²) in [5, 5.41) is 0. The van der Waals surface area contributed by atoms with Crippen molar-refractivity contribution in [3.8, 4) is 0 Å². The maximum Gasteiger partial charge on any atom is 0.243 e. The highest BCUT2D eigenvalue weighted by molar-refractivity contribution is 7.89. The Balaban J connectivity index is 1.45. The number of fused-ring (bicyclic) bond motifs is 1. The first-order chi connectivity index (χ1) is 14.8. The molecule has 2 saturated heterocycles. The molecule has 31 heavy (non-hydrogen) atoms. The van der Waals surface area contributed by atoms with Crippen LogP contribution in [0.5, 0.6) is 0 Å². The molecule has 0 aliphatic carbocycles. The number of nitrogens with one attached hydrogen (secondary N) is 1. The van der Waals surface area contributed by atoms with Gasteiger partial charge in [-0.1, -0.05) is 0 Å². The molecule has 2 fully saturated rings. The third-order valence-electron chi connectivity index (χ3n) is 5.73. The van der Waals surface area contributed by atoms with Gasteiger partial charge in [0, 0.05) is 19.4 Å². The molecule has 1 N–H and O–H groups in total. The molecular weight excluding hydrogens is 423 g/mol. The minimum Gasteiger partial charge on any atom is -0.341 e. The molecule has 3 heterocycles. The summed E-state index contributed by atoms with van der Waals surface area (Å²) >= 11 is 0. The lowest BCUT2D eigenvalue weighted by Crippen LogP contribution is -2.31. The van der Waals surface area contributed by atoms with Gasteiger partial charge in [0.1, 0.15) is 11.6 Å². The Kier molecular flexibility index (Phi) is 4.63. The van der Waals surface area contributed by atoms with Crippen molar-refractivity contribution in [3.05, 3.63) is 54.1 Å². The van der Waals surface area contributed by atoms with E-state index in [-0.39, 0.29) is 29.6 Å². The molecule has 0 spiro atoms. The van der Waals surface area contributed by atoms with Gasteiger partial charge in [0.05, 0.1) is 27.7 Å². The third kappa shape index (κ3) is 3.31. The molecule has 2 aliphatic heterocycles. The molecule has 2 aromatic carbocycles. The third-order valence-corrected chi connectivity index (χ3v) is 7.66. The van der Waals surface area contributed by atoms with E-state index in [0.29, 0.717) is 41.9 Å². The Morgan fingerprint density at radius 3 is 2.45 bits per heavy atom. The van der Waals surface area contributed by atoms with Gasteiger partial charge in [0.25, 0.3) is 0 Å². The number of sulfonamides is 1. The van der Waals surface area contributed by atoms with Crippen LogP contribution in [-0.2, 0) is 19.6 Å². The summed E-state index contributed by atoms with van der Waals surface area (Å²) in [6.45, 7) is 0.337. The fraction of sp³-hybridized carbons (Fsp3) is 0.286. The molecule has 8 nitrogen and oxygen atoms in total. The topological polar surface area (TPSA) is 103 Å². The van der Waals surface area contributed by atoms with Gasteiger partial charge in [0.15, 0.2) is 0 Å². The van der Waals surface area contributed by atoms with Crippen LogP contribution < -0.4 is 4.90 Å². The number of hydrogen-bond acceptors (Lipinski definition) is 5. The van der Waals surface area contributed by atoms with E-state index in [1.165, 1.54) is 40.7 Å². The SMILES string of the molecule is O=C1CCC(=O)N1c1ccc(S(=O)(=O)N2CCCC2c2nc3ccc(F)cc3[nH]2)cc1. The van der Waals surface area contributed by atoms with Gasteiger partial charge in [0.2, 0.25) is 21.8 Å². The molecule has 5 rings (SSSR count). The second-order valence-corrected chi connectivity index (χ2v) is 9.56. The quantitative estimate of drug-likeness (QED) is 0.626. The van der Waals surface area contributed by atoms with Gasteiger partial charge in [-0.2, -0.15) is 4.31 Å². The van der Waals surface area contributed by atoms with Gasteiger partial charge in [-0.05, 0) is 55.3 Å². The van der Waals surface area contributed by atoms with E-state index < -0.39 is 21.9 Å². The summed E-state index contributed by atoms with van der Waals surface area (Å²) in [6.07, 6.45) is 1.59. The molecule has 3 aromatic rings. The van der Waals surface area contributed by atoms with E-state index in [1.54, 1.807) is 6.07 Å². The highest BCUT2D eigenvalue weighted by Crippen LogP contribution is 2.36. The van der Waals surface area contributed by atoms with Crippen molar-refractivity contribution >= 4 is 38.6 Å². The van der Waals surface area contributed by atoms with E-state index in [1.807, 2.05) is 0 Å². The Morgan fingerprint density at radius 2 is 1.74 bits per heavy atom. The van der Waals surface area contributed by atoms with Crippen molar-refractivity contribution in [1.29, 1.82) is 0 Å². The zero-order valence-electron chi connectivity index (χ0n) is 16.4. The number of aromatic nitrogens is 2. The second-order valence-electron chi connectivity index (χ2n) is 7.67. The van der Waals surface area contributed by atoms with E-state index in [0.717, 1.165) is 4.90 Å². The number of imidazole rings is 1. The maximum atomic E-state index is 13.5. The summed E-state index contributed by atoms with van der Waals surface area (Å²) in [4.78, 5) is 32.5. The summed E-state index contributed by atoms with van der Waals surface area (Å²) in [6, 6.07) is 9.48. The molecule has 1 aromatic heterocycles. The summed E-state index contributed by atoms with van der Waals surface area (Å²) < 4.78 is 41.5. The van der Waals surface area contributed by atoms with Crippen molar-refractivity contribution in [2.75, 3.05) is 11.4 Å². The number of H-pyrrole nitrogens is 1. The van der Waals surface area contributed by atoms with E-state index in [9.17, 15) is 22.4 Å². The monoisotopic (exact) mass is 442 g/mol. The number of hydrogen-bond donors (Lipinski definition) is 1. The van der Waals surface area contributed by atoms with Crippen molar-refractivity contribution in [3.63, 3.8) is 0 Å². The molecule has 10 heteroatoms. The number of rotatable bonds is 4. The molecule has 0 bridgehead atoms. The van der Waals surface area contributed by atoms with Gasteiger partial charge < -0.3 is 4.98 Å². The van der Waals surface area contributed by atoms with Crippen molar-refractivity contribution < 1.29 is 22.4 Å². The summed E-state index contributed by atoms with van der Waals surface area (Å²) in [5.41, 5.74) is 1.46. The van der Waals surface area contributed by atoms with Crippen LogP contribution in [0.4, 0.5) is 10.1 Å². The predicted molar refractivity (Wildman–Crippen MR) is 110 cm³/mol. The minimum atomic E-state index is -3.84. The second kappa shape index (κ2) is 7.24. The lowest BCUT2D eigenvalue weighted by Gasteiger charge is -2.23. The smallest absolute Gasteiger partial charge is 0.243 e. The number of benzene rings is 2. The molecule has 1 atom stereocenters. The number of halogens is 1. The van der Waals surface area contributed by atoms with Crippen LogP contribution in [-0.4, -0.2) is 41.1 Å². The van der Waals surface area contributed by atoms with Crippen LogP contribution in [0.2, 0.25) is 0 Å². The van der Waals surface area contributed by atoms with Crippen LogP contribution in [0.1, 0.15) is 37.5 Å². The van der Waals surface area contributed by atoms with Crippen LogP contribution in [0, 0.1) is 5.82 Å². The van der Waals surface area contributed by atoms with E-state index in [4.69, 9.17) is 0 Å². The molecule has 2 amide bonds. The summed E-state index contributed by atoms with van der Waals surface area (Å²) in [7, 11) is -3.84.